The van der Waals surface area contributed by atoms with Crippen LogP contribution in [0.3, 0.4) is 0 Å². The molecule has 0 N–H and O–H groups in total. The SMILES string of the molecule is C[C@@]1(Cc2ccccc2)OC(=O)C(c2ccccc2)=C(c2ccccc2)O1. The normalized spacial score (nSPS) is 19.4. The van der Waals surface area contributed by atoms with E-state index in [1.54, 1.807) is 0 Å². The maximum Gasteiger partial charge on any atom is 0.345 e. The molecule has 1 atom stereocenters. The molecule has 0 aliphatic carbocycles. The van der Waals surface area contributed by atoms with E-state index in [-0.39, 0.29) is 5.97 Å². The first-order valence-electron chi connectivity index (χ1n) is 8.96. The molecular formula is C24H20O3. The zero-order chi connectivity index (χ0) is 18.7. The van der Waals surface area contributed by atoms with Crippen LogP contribution in [0.15, 0.2) is 91.0 Å². The Bertz CT molecular complexity index is 962. The number of cyclic esters (lactones) is 1. The smallest absolute Gasteiger partial charge is 0.345 e. The van der Waals surface area contributed by atoms with Gasteiger partial charge in [0.2, 0.25) is 0 Å². The lowest BCUT2D eigenvalue weighted by Crippen LogP contribution is -2.40. The molecule has 0 fully saturated rings. The Balaban J connectivity index is 1.80. The summed E-state index contributed by atoms with van der Waals surface area (Å²) in [5.74, 6) is -0.886. The van der Waals surface area contributed by atoms with E-state index >= 15 is 0 Å². The Morgan fingerprint density at radius 3 is 1.81 bits per heavy atom. The highest BCUT2D eigenvalue weighted by molar-refractivity contribution is 6.24. The zero-order valence-electron chi connectivity index (χ0n) is 15.1. The van der Waals surface area contributed by atoms with Crippen LogP contribution >= 0.6 is 0 Å². The summed E-state index contributed by atoms with van der Waals surface area (Å²) in [5.41, 5.74) is 3.13. The second kappa shape index (κ2) is 7.12. The van der Waals surface area contributed by atoms with Crippen LogP contribution in [-0.2, 0) is 20.7 Å². The number of hydrogen-bond acceptors (Lipinski definition) is 3. The number of ether oxygens (including phenoxy) is 2. The molecule has 1 heterocycles. The van der Waals surface area contributed by atoms with Crippen LogP contribution < -0.4 is 0 Å². The van der Waals surface area contributed by atoms with Crippen LogP contribution in [0, 0.1) is 0 Å². The Labute approximate surface area is 158 Å². The Kier molecular flexibility index (Phi) is 4.51. The standard InChI is InChI=1S/C24H20O3/c1-24(17-18-11-5-2-6-12-18)26-22(20-15-9-4-10-16-20)21(23(25)27-24)19-13-7-3-8-14-19/h2-16H,17H2,1H3/t24-/m0/s1. The fourth-order valence-corrected chi connectivity index (χ4v) is 3.31. The second-order valence-electron chi connectivity index (χ2n) is 6.72. The largest absolute Gasteiger partial charge is 0.451 e. The number of rotatable bonds is 4. The molecule has 27 heavy (non-hydrogen) atoms. The summed E-state index contributed by atoms with van der Waals surface area (Å²) in [5, 5.41) is 0. The minimum atomic E-state index is -1.07. The third kappa shape index (κ3) is 3.63. The lowest BCUT2D eigenvalue weighted by atomic mass is 9.98. The summed E-state index contributed by atoms with van der Waals surface area (Å²) in [6.07, 6.45) is 0.470. The first kappa shape index (κ1) is 17.1. The molecule has 0 saturated heterocycles. The molecule has 0 saturated carbocycles. The van der Waals surface area contributed by atoms with Gasteiger partial charge in [-0.05, 0) is 11.1 Å². The summed E-state index contributed by atoms with van der Waals surface area (Å²) < 4.78 is 12.1. The van der Waals surface area contributed by atoms with Crippen LogP contribution in [0.2, 0.25) is 0 Å². The Morgan fingerprint density at radius 2 is 1.22 bits per heavy atom. The van der Waals surface area contributed by atoms with Crippen molar-refractivity contribution in [1.29, 1.82) is 0 Å². The first-order chi connectivity index (χ1) is 13.1. The molecule has 0 bridgehead atoms. The van der Waals surface area contributed by atoms with Gasteiger partial charge in [0.1, 0.15) is 11.3 Å². The molecule has 134 valence electrons. The third-order valence-corrected chi connectivity index (χ3v) is 4.52. The number of hydrogen-bond donors (Lipinski definition) is 0. The van der Waals surface area contributed by atoms with Gasteiger partial charge in [-0.3, -0.25) is 0 Å². The quantitative estimate of drug-likeness (QED) is 0.611. The molecule has 1 aliphatic rings. The fourth-order valence-electron chi connectivity index (χ4n) is 3.31. The highest BCUT2D eigenvalue weighted by Crippen LogP contribution is 2.39. The van der Waals surface area contributed by atoms with E-state index in [9.17, 15) is 4.79 Å². The van der Waals surface area contributed by atoms with Gasteiger partial charge in [-0.25, -0.2) is 4.79 Å². The first-order valence-corrected chi connectivity index (χ1v) is 8.96. The van der Waals surface area contributed by atoms with Crippen LogP contribution in [-0.4, -0.2) is 11.8 Å². The van der Waals surface area contributed by atoms with Gasteiger partial charge in [0.25, 0.3) is 5.79 Å². The third-order valence-electron chi connectivity index (χ3n) is 4.52. The van der Waals surface area contributed by atoms with Crippen molar-refractivity contribution in [3.63, 3.8) is 0 Å². The summed E-state index contributed by atoms with van der Waals surface area (Å²) in [6.45, 7) is 1.81. The van der Waals surface area contributed by atoms with E-state index in [0.717, 1.165) is 16.7 Å². The average Bonchev–Trinajstić information content (AvgIpc) is 2.69. The van der Waals surface area contributed by atoms with Gasteiger partial charge >= 0.3 is 5.97 Å². The molecule has 3 heteroatoms. The van der Waals surface area contributed by atoms with Gasteiger partial charge < -0.3 is 9.47 Å². The van der Waals surface area contributed by atoms with Gasteiger partial charge in [-0.1, -0.05) is 91.0 Å². The van der Waals surface area contributed by atoms with Crippen LogP contribution in [0.25, 0.3) is 11.3 Å². The van der Waals surface area contributed by atoms with Crippen molar-refractivity contribution in [2.75, 3.05) is 0 Å². The van der Waals surface area contributed by atoms with Crippen molar-refractivity contribution in [1.82, 2.24) is 0 Å². The van der Waals surface area contributed by atoms with Gasteiger partial charge in [-0.15, -0.1) is 0 Å². The zero-order valence-corrected chi connectivity index (χ0v) is 15.1. The van der Waals surface area contributed by atoms with E-state index in [4.69, 9.17) is 9.47 Å². The molecule has 0 spiro atoms. The highest BCUT2D eigenvalue weighted by Gasteiger charge is 2.40. The van der Waals surface area contributed by atoms with Crippen molar-refractivity contribution in [2.24, 2.45) is 0 Å². The van der Waals surface area contributed by atoms with Crippen molar-refractivity contribution in [3.05, 3.63) is 108 Å². The van der Waals surface area contributed by atoms with Gasteiger partial charge in [-0.2, -0.15) is 0 Å². The lowest BCUT2D eigenvalue weighted by Gasteiger charge is -2.36. The molecular weight excluding hydrogens is 336 g/mol. The van der Waals surface area contributed by atoms with Crippen LogP contribution in [0.4, 0.5) is 0 Å². The molecule has 1 aliphatic heterocycles. The number of carbonyl (C=O) groups excluding carboxylic acids is 1. The number of esters is 1. The van der Waals surface area contributed by atoms with Crippen molar-refractivity contribution in [2.45, 2.75) is 19.1 Å². The molecule has 3 aromatic carbocycles. The topological polar surface area (TPSA) is 35.5 Å². The predicted octanol–water partition coefficient (Wildman–Crippen LogP) is 5.09. The average molecular weight is 356 g/mol. The predicted molar refractivity (Wildman–Crippen MR) is 105 cm³/mol. The summed E-state index contributed by atoms with van der Waals surface area (Å²) in [4.78, 5) is 13.0. The fraction of sp³-hybridized carbons (Fsp3) is 0.125. The molecule has 0 unspecified atom stereocenters. The molecule has 4 rings (SSSR count). The lowest BCUT2D eigenvalue weighted by molar-refractivity contribution is -0.198. The molecule has 0 amide bonds. The molecule has 0 aromatic heterocycles. The van der Waals surface area contributed by atoms with Crippen molar-refractivity contribution < 1.29 is 14.3 Å². The maximum atomic E-state index is 13.0. The number of benzene rings is 3. The van der Waals surface area contributed by atoms with Crippen LogP contribution in [0.5, 0.6) is 0 Å². The molecule has 0 radical (unpaired) electrons. The van der Waals surface area contributed by atoms with Crippen molar-refractivity contribution >= 4 is 17.3 Å². The van der Waals surface area contributed by atoms with Gasteiger partial charge in [0.15, 0.2) is 0 Å². The second-order valence-corrected chi connectivity index (χ2v) is 6.72. The van der Waals surface area contributed by atoms with Gasteiger partial charge in [0.05, 0.1) is 0 Å². The highest BCUT2D eigenvalue weighted by atomic mass is 16.7. The number of carbonyl (C=O) groups is 1. The minimum Gasteiger partial charge on any atom is -0.451 e. The van der Waals surface area contributed by atoms with E-state index in [2.05, 4.69) is 0 Å². The van der Waals surface area contributed by atoms with E-state index in [1.165, 1.54) is 0 Å². The Morgan fingerprint density at radius 1 is 0.704 bits per heavy atom. The minimum absolute atomic E-state index is 0.371. The van der Waals surface area contributed by atoms with E-state index in [0.29, 0.717) is 17.8 Å². The summed E-state index contributed by atoms with van der Waals surface area (Å²) in [7, 11) is 0. The monoisotopic (exact) mass is 356 g/mol. The van der Waals surface area contributed by atoms with E-state index in [1.807, 2.05) is 97.9 Å². The summed E-state index contributed by atoms with van der Waals surface area (Å²) in [6, 6.07) is 29.1. The molecule has 3 nitrogen and oxygen atoms in total. The molecule has 3 aromatic rings. The van der Waals surface area contributed by atoms with Crippen molar-refractivity contribution in [3.8, 4) is 0 Å². The Hall–Kier alpha value is -3.33. The van der Waals surface area contributed by atoms with Gasteiger partial charge in [0, 0.05) is 18.9 Å². The van der Waals surface area contributed by atoms with E-state index < -0.39 is 5.79 Å². The van der Waals surface area contributed by atoms with Crippen LogP contribution in [0.1, 0.15) is 23.6 Å². The maximum absolute atomic E-state index is 13.0. The summed E-state index contributed by atoms with van der Waals surface area (Å²) >= 11 is 0.